The van der Waals surface area contributed by atoms with E-state index in [0.717, 1.165) is 16.8 Å². The molecule has 8 heteroatoms. The molecule has 0 unspecified atom stereocenters. The lowest BCUT2D eigenvalue weighted by Gasteiger charge is -2.22. The maximum absolute atomic E-state index is 13.2. The van der Waals surface area contributed by atoms with Crippen molar-refractivity contribution in [2.24, 2.45) is 5.92 Å². The molecule has 36 heavy (non-hydrogen) atoms. The van der Waals surface area contributed by atoms with Gasteiger partial charge in [0.15, 0.2) is 0 Å². The number of anilines is 1. The number of hydrogen-bond donors (Lipinski definition) is 1. The SMILES string of the molecule is Cc1cccc(-n2cc(-c3ccc(Cl)cc3)nc2NC(=O)CN(Cc2ccco2)C(=O)CC(C)C)c1. The summed E-state index contributed by atoms with van der Waals surface area (Å²) in [5.74, 6) is 0.694. The van der Waals surface area contributed by atoms with Crippen LogP contribution in [-0.4, -0.2) is 32.8 Å². The monoisotopic (exact) mass is 504 g/mol. The zero-order valence-electron chi connectivity index (χ0n) is 20.6. The number of carbonyl (C=O) groups is 2. The van der Waals surface area contributed by atoms with E-state index in [1.54, 1.807) is 30.5 Å². The minimum absolute atomic E-state index is 0.111. The van der Waals surface area contributed by atoms with Crippen LogP contribution in [0.25, 0.3) is 16.9 Å². The van der Waals surface area contributed by atoms with Gasteiger partial charge < -0.3 is 9.32 Å². The van der Waals surface area contributed by atoms with E-state index < -0.39 is 0 Å². The van der Waals surface area contributed by atoms with Crippen molar-refractivity contribution in [1.82, 2.24) is 14.5 Å². The average Bonchev–Trinajstić information content (AvgIpc) is 3.49. The van der Waals surface area contributed by atoms with Gasteiger partial charge >= 0.3 is 0 Å². The predicted octanol–water partition coefficient (Wildman–Crippen LogP) is 6.11. The van der Waals surface area contributed by atoms with Gasteiger partial charge in [-0.05, 0) is 54.8 Å². The fraction of sp³-hybridized carbons (Fsp3) is 0.250. The Kier molecular flexibility index (Phi) is 7.90. The Labute approximate surface area is 215 Å². The molecule has 0 radical (unpaired) electrons. The molecule has 0 saturated heterocycles. The first kappa shape index (κ1) is 25.3. The molecule has 0 aliphatic carbocycles. The van der Waals surface area contributed by atoms with Gasteiger partial charge in [-0.2, -0.15) is 0 Å². The Morgan fingerprint density at radius 1 is 1.11 bits per heavy atom. The molecule has 4 rings (SSSR count). The molecule has 2 heterocycles. The normalized spacial score (nSPS) is 11.0. The lowest BCUT2D eigenvalue weighted by Crippen LogP contribution is -2.38. The van der Waals surface area contributed by atoms with Crippen molar-refractivity contribution in [3.63, 3.8) is 0 Å². The summed E-state index contributed by atoms with van der Waals surface area (Å²) in [6.07, 6.45) is 3.77. The van der Waals surface area contributed by atoms with Crippen LogP contribution in [0, 0.1) is 12.8 Å². The number of benzene rings is 2. The Morgan fingerprint density at radius 2 is 1.89 bits per heavy atom. The highest BCUT2D eigenvalue weighted by molar-refractivity contribution is 6.30. The highest BCUT2D eigenvalue weighted by Crippen LogP contribution is 2.26. The van der Waals surface area contributed by atoms with Gasteiger partial charge in [-0.1, -0.05) is 49.7 Å². The highest BCUT2D eigenvalue weighted by Gasteiger charge is 2.21. The molecule has 186 valence electrons. The van der Waals surface area contributed by atoms with Crippen LogP contribution in [0.15, 0.2) is 77.5 Å². The number of furan rings is 1. The molecule has 0 saturated carbocycles. The van der Waals surface area contributed by atoms with E-state index >= 15 is 0 Å². The molecule has 2 aromatic carbocycles. The molecule has 1 N–H and O–H groups in total. The molecule has 0 spiro atoms. The molecule has 2 amide bonds. The number of nitrogens with zero attached hydrogens (tertiary/aromatic N) is 3. The Morgan fingerprint density at radius 3 is 2.56 bits per heavy atom. The maximum Gasteiger partial charge on any atom is 0.246 e. The fourth-order valence-electron chi connectivity index (χ4n) is 3.84. The van der Waals surface area contributed by atoms with Crippen LogP contribution in [0.3, 0.4) is 0 Å². The van der Waals surface area contributed by atoms with Crippen molar-refractivity contribution in [3.05, 3.63) is 89.5 Å². The molecule has 0 aliphatic heterocycles. The molecule has 0 atom stereocenters. The van der Waals surface area contributed by atoms with Crippen LogP contribution in [0.2, 0.25) is 5.02 Å². The van der Waals surface area contributed by atoms with E-state index in [2.05, 4.69) is 5.32 Å². The van der Waals surface area contributed by atoms with Crippen LogP contribution in [0.1, 0.15) is 31.6 Å². The van der Waals surface area contributed by atoms with Crippen LogP contribution >= 0.6 is 11.6 Å². The maximum atomic E-state index is 13.2. The lowest BCUT2D eigenvalue weighted by molar-refractivity contribution is -0.136. The van der Waals surface area contributed by atoms with Crippen molar-refractivity contribution in [3.8, 4) is 16.9 Å². The Balaban J connectivity index is 1.61. The quantitative estimate of drug-likeness (QED) is 0.298. The zero-order valence-corrected chi connectivity index (χ0v) is 21.3. The second-order valence-electron chi connectivity index (χ2n) is 9.14. The number of carbonyl (C=O) groups excluding carboxylic acids is 2. The summed E-state index contributed by atoms with van der Waals surface area (Å²) in [5, 5.41) is 3.54. The number of aryl methyl sites for hydroxylation is 1. The van der Waals surface area contributed by atoms with E-state index in [1.165, 1.54) is 4.90 Å². The summed E-state index contributed by atoms with van der Waals surface area (Å²) in [5.41, 5.74) is 3.50. The smallest absolute Gasteiger partial charge is 0.246 e. The van der Waals surface area contributed by atoms with Gasteiger partial charge in [0.2, 0.25) is 17.8 Å². The molecular weight excluding hydrogens is 476 g/mol. The Bertz CT molecular complexity index is 1330. The number of halogens is 1. The summed E-state index contributed by atoms with van der Waals surface area (Å²) in [7, 11) is 0. The first-order valence-corrected chi connectivity index (χ1v) is 12.2. The first-order chi connectivity index (χ1) is 17.3. The summed E-state index contributed by atoms with van der Waals surface area (Å²) < 4.78 is 7.25. The topological polar surface area (TPSA) is 80.4 Å². The number of nitrogens with one attached hydrogen (secondary N) is 1. The van der Waals surface area contributed by atoms with E-state index in [9.17, 15) is 9.59 Å². The summed E-state index contributed by atoms with van der Waals surface area (Å²) in [6.45, 7) is 6.04. The number of amides is 2. The second-order valence-corrected chi connectivity index (χ2v) is 9.58. The van der Waals surface area contributed by atoms with E-state index in [4.69, 9.17) is 21.0 Å². The third kappa shape index (κ3) is 6.43. The van der Waals surface area contributed by atoms with Gasteiger partial charge in [0.1, 0.15) is 12.3 Å². The van der Waals surface area contributed by atoms with Gasteiger partial charge in [0.25, 0.3) is 0 Å². The highest BCUT2D eigenvalue weighted by atomic mass is 35.5. The summed E-state index contributed by atoms with van der Waals surface area (Å²) in [4.78, 5) is 32.3. The van der Waals surface area contributed by atoms with Crippen molar-refractivity contribution in [2.45, 2.75) is 33.7 Å². The van der Waals surface area contributed by atoms with Gasteiger partial charge in [0, 0.05) is 28.9 Å². The van der Waals surface area contributed by atoms with E-state index in [1.807, 2.05) is 67.9 Å². The largest absolute Gasteiger partial charge is 0.467 e. The van der Waals surface area contributed by atoms with Crippen LogP contribution in [-0.2, 0) is 16.1 Å². The van der Waals surface area contributed by atoms with Gasteiger partial charge in [-0.25, -0.2) is 4.98 Å². The van der Waals surface area contributed by atoms with Gasteiger partial charge in [-0.15, -0.1) is 0 Å². The predicted molar refractivity (Wildman–Crippen MR) is 141 cm³/mol. The van der Waals surface area contributed by atoms with E-state index in [-0.39, 0.29) is 30.8 Å². The third-order valence-electron chi connectivity index (χ3n) is 5.57. The molecule has 0 aliphatic rings. The Hall–Kier alpha value is -3.84. The van der Waals surface area contributed by atoms with Crippen molar-refractivity contribution in [2.75, 3.05) is 11.9 Å². The molecule has 2 aromatic heterocycles. The first-order valence-electron chi connectivity index (χ1n) is 11.8. The lowest BCUT2D eigenvalue weighted by atomic mass is 10.1. The molecular formula is C28H29ClN4O3. The van der Waals surface area contributed by atoms with E-state index in [0.29, 0.717) is 28.8 Å². The third-order valence-corrected chi connectivity index (χ3v) is 5.83. The minimum Gasteiger partial charge on any atom is -0.467 e. The summed E-state index contributed by atoms with van der Waals surface area (Å²) in [6, 6.07) is 18.8. The van der Waals surface area contributed by atoms with Crippen molar-refractivity contribution in [1.29, 1.82) is 0 Å². The number of imidazole rings is 1. The molecule has 7 nitrogen and oxygen atoms in total. The van der Waals surface area contributed by atoms with Crippen LogP contribution in [0.5, 0.6) is 0 Å². The number of rotatable bonds is 9. The van der Waals surface area contributed by atoms with Crippen LogP contribution < -0.4 is 5.32 Å². The average molecular weight is 505 g/mol. The molecule has 0 bridgehead atoms. The standard InChI is InChI=1S/C28H29ClN4O3/c1-19(2)14-27(35)32(16-24-8-5-13-36-24)18-26(34)31-28-30-25(21-9-11-22(29)12-10-21)17-33(28)23-7-4-6-20(3)15-23/h4-13,15,17,19H,14,16,18H2,1-3H3,(H,30,31,34). The zero-order chi connectivity index (χ0) is 25.7. The minimum atomic E-state index is -0.346. The molecule has 4 aromatic rings. The second kappa shape index (κ2) is 11.3. The molecule has 0 fully saturated rings. The van der Waals surface area contributed by atoms with Gasteiger partial charge in [-0.3, -0.25) is 19.5 Å². The fourth-order valence-corrected chi connectivity index (χ4v) is 3.97. The van der Waals surface area contributed by atoms with Gasteiger partial charge in [0.05, 0.1) is 18.5 Å². The van der Waals surface area contributed by atoms with Crippen LogP contribution in [0.4, 0.5) is 5.95 Å². The summed E-state index contributed by atoms with van der Waals surface area (Å²) >= 11 is 6.05. The van der Waals surface area contributed by atoms with Crippen molar-refractivity contribution >= 4 is 29.4 Å². The van der Waals surface area contributed by atoms with Crippen molar-refractivity contribution < 1.29 is 14.0 Å². The number of aromatic nitrogens is 2. The number of hydrogen-bond acceptors (Lipinski definition) is 4.